The predicted molar refractivity (Wildman–Crippen MR) is 140 cm³/mol. The molecule has 0 unspecified atom stereocenters. The highest BCUT2D eigenvalue weighted by Crippen LogP contribution is 2.39. The van der Waals surface area contributed by atoms with Crippen molar-refractivity contribution in [3.8, 4) is 17.2 Å². The first-order chi connectivity index (χ1) is 18.2. The van der Waals surface area contributed by atoms with Gasteiger partial charge in [0.1, 0.15) is 11.0 Å². The lowest BCUT2D eigenvalue weighted by atomic mass is 10.1. The Morgan fingerprint density at radius 2 is 1.68 bits per heavy atom. The lowest BCUT2D eigenvalue weighted by Crippen LogP contribution is -2.06. The maximum Gasteiger partial charge on any atom is 0.416 e. The largest absolute Gasteiger partial charge is 0.493 e. The molecule has 8 nitrogen and oxygen atoms in total. The quantitative estimate of drug-likeness (QED) is 0.275. The number of benzene rings is 2. The summed E-state index contributed by atoms with van der Waals surface area (Å²) in [5.74, 6) is 2.15. The van der Waals surface area contributed by atoms with Gasteiger partial charge in [-0.15, -0.1) is 0 Å². The molecule has 0 aliphatic rings. The molecule has 1 N–H and O–H groups in total. The van der Waals surface area contributed by atoms with Crippen molar-refractivity contribution in [2.45, 2.75) is 25.9 Å². The average Bonchev–Trinajstić information content (AvgIpc) is 3.21. The summed E-state index contributed by atoms with van der Waals surface area (Å²) in [7, 11) is 6.35. The van der Waals surface area contributed by atoms with Gasteiger partial charge in [-0.1, -0.05) is 25.5 Å². The van der Waals surface area contributed by atoms with E-state index in [2.05, 4.69) is 15.4 Å². The van der Waals surface area contributed by atoms with Crippen LogP contribution in [0.25, 0.3) is 23.2 Å². The van der Waals surface area contributed by atoms with Crippen molar-refractivity contribution >= 4 is 34.7 Å². The lowest BCUT2D eigenvalue weighted by Gasteiger charge is -2.13. The fourth-order valence-corrected chi connectivity index (χ4v) is 4.10. The summed E-state index contributed by atoms with van der Waals surface area (Å²) < 4.78 is 57.7. The van der Waals surface area contributed by atoms with E-state index in [-0.39, 0.29) is 5.69 Å². The number of hydrogen-bond donors (Lipinski definition) is 1. The molecule has 0 saturated heterocycles. The van der Waals surface area contributed by atoms with Crippen molar-refractivity contribution in [3.05, 3.63) is 59.0 Å². The Hall–Kier alpha value is -4.28. The SMILES string of the molecule is CCCc1nn(C)c2c(Nc3cccc(C(F)(F)F)c3)nc(C=Cc3cc(OC)c(OC)c(OC)c3)nc12. The van der Waals surface area contributed by atoms with Crippen LogP contribution in [0, 0.1) is 0 Å². The highest BCUT2D eigenvalue weighted by Gasteiger charge is 2.30. The molecule has 2 aromatic carbocycles. The topological polar surface area (TPSA) is 83.3 Å². The minimum absolute atomic E-state index is 0.248. The number of ether oxygens (including phenoxy) is 3. The number of aryl methyl sites for hydroxylation is 2. The zero-order valence-corrected chi connectivity index (χ0v) is 21.7. The molecule has 200 valence electrons. The standard InChI is InChI=1S/C27H28F3N5O3/c1-6-8-19-23-24(35(2)34-19)26(31-18-10-7-9-17(15-18)27(28,29)30)33-22(32-23)12-11-16-13-20(36-3)25(38-5)21(14-16)37-4/h7,9-15H,6,8H2,1-5H3,(H,31,32,33). The number of aromatic nitrogens is 4. The molecule has 2 heterocycles. The van der Waals surface area contributed by atoms with E-state index in [1.54, 1.807) is 42.1 Å². The third-order valence-electron chi connectivity index (χ3n) is 5.82. The Bertz CT molecular complexity index is 1460. The van der Waals surface area contributed by atoms with Crippen molar-refractivity contribution < 1.29 is 27.4 Å². The Kier molecular flexibility index (Phi) is 7.75. The van der Waals surface area contributed by atoms with Crippen LogP contribution in [0.4, 0.5) is 24.7 Å². The van der Waals surface area contributed by atoms with Gasteiger partial charge in [-0.25, -0.2) is 9.97 Å². The molecule has 0 aliphatic carbocycles. The molecule has 0 saturated carbocycles. The molecule has 11 heteroatoms. The fourth-order valence-electron chi connectivity index (χ4n) is 4.10. The van der Waals surface area contributed by atoms with Gasteiger partial charge in [0.2, 0.25) is 5.75 Å². The van der Waals surface area contributed by atoms with Crippen molar-refractivity contribution in [1.82, 2.24) is 19.7 Å². The second kappa shape index (κ2) is 11.0. The zero-order valence-electron chi connectivity index (χ0n) is 21.7. The Morgan fingerprint density at radius 3 is 2.29 bits per heavy atom. The molecule has 38 heavy (non-hydrogen) atoms. The van der Waals surface area contributed by atoms with Crippen LogP contribution < -0.4 is 19.5 Å². The van der Waals surface area contributed by atoms with E-state index in [0.717, 1.165) is 29.8 Å². The summed E-state index contributed by atoms with van der Waals surface area (Å²) >= 11 is 0. The average molecular weight is 528 g/mol. The van der Waals surface area contributed by atoms with Gasteiger partial charge in [-0.3, -0.25) is 4.68 Å². The summed E-state index contributed by atoms with van der Waals surface area (Å²) in [6.45, 7) is 2.04. The molecule has 0 radical (unpaired) electrons. The molecular formula is C27H28F3N5O3. The van der Waals surface area contributed by atoms with Gasteiger partial charge in [0, 0.05) is 12.7 Å². The lowest BCUT2D eigenvalue weighted by molar-refractivity contribution is -0.137. The number of methoxy groups -OCH3 is 3. The normalized spacial score (nSPS) is 11.8. The summed E-state index contributed by atoms with van der Waals surface area (Å²) in [6.07, 6.45) is 0.570. The third-order valence-corrected chi connectivity index (χ3v) is 5.82. The molecule has 0 amide bonds. The number of alkyl halides is 3. The fraction of sp³-hybridized carbons (Fsp3) is 0.296. The summed E-state index contributed by atoms with van der Waals surface area (Å²) in [4.78, 5) is 9.34. The summed E-state index contributed by atoms with van der Waals surface area (Å²) in [5.41, 5.74) is 2.24. The number of anilines is 2. The van der Waals surface area contributed by atoms with Crippen molar-refractivity contribution in [2.75, 3.05) is 26.6 Å². The number of halogens is 3. The van der Waals surface area contributed by atoms with E-state index in [9.17, 15) is 13.2 Å². The highest BCUT2D eigenvalue weighted by atomic mass is 19.4. The van der Waals surface area contributed by atoms with Crippen LogP contribution >= 0.6 is 0 Å². The van der Waals surface area contributed by atoms with Gasteiger partial charge in [-0.2, -0.15) is 18.3 Å². The maximum absolute atomic E-state index is 13.3. The van der Waals surface area contributed by atoms with Gasteiger partial charge < -0.3 is 19.5 Å². The number of nitrogens with zero attached hydrogens (tertiary/aromatic N) is 4. The van der Waals surface area contributed by atoms with Crippen molar-refractivity contribution in [2.24, 2.45) is 7.05 Å². The van der Waals surface area contributed by atoms with Gasteiger partial charge in [0.15, 0.2) is 23.1 Å². The van der Waals surface area contributed by atoms with Crippen LogP contribution in [-0.2, 0) is 19.6 Å². The van der Waals surface area contributed by atoms with E-state index in [4.69, 9.17) is 19.2 Å². The molecule has 0 atom stereocenters. The minimum Gasteiger partial charge on any atom is -0.493 e. The minimum atomic E-state index is -4.46. The molecule has 2 aromatic heterocycles. The second-order valence-electron chi connectivity index (χ2n) is 8.44. The molecule has 0 spiro atoms. The van der Waals surface area contributed by atoms with E-state index >= 15 is 0 Å². The second-order valence-corrected chi connectivity index (χ2v) is 8.44. The molecular weight excluding hydrogens is 499 g/mol. The third kappa shape index (κ3) is 5.51. The van der Waals surface area contributed by atoms with Gasteiger partial charge in [0.25, 0.3) is 0 Å². The smallest absolute Gasteiger partial charge is 0.416 e. The van der Waals surface area contributed by atoms with Gasteiger partial charge >= 0.3 is 6.18 Å². The number of hydrogen-bond acceptors (Lipinski definition) is 7. The first-order valence-electron chi connectivity index (χ1n) is 11.8. The van der Waals surface area contributed by atoms with Crippen LogP contribution in [0.15, 0.2) is 36.4 Å². The first-order valence-corrected chi connectivity index (χ1v) is 11.8. The summed E-state index contributed by atoms with van der Waals surface area (Å²) in [6, 6.07) is 8.53. The van der Waals surface area contributed by atoms with E-state index < -0.39 is 11.7 Å². The highest BCUT2D eigenvalue weighted by molar-refractivity contribution is 5.90. The van der Waals surface area contributed by atoms with Gasteiger partial charge in [0.05, 0.1) is 32.6 Å². The Labute approximate surface area is 218 Å². The van der Waals surface area contributed by atoms with E-state index in [1.165, 1.54) is 27.4 Å². The molecule has 4 aromatic rings. The molecule has 4 rings (SSSR count). The van der Waals surface area contributed by atoms with Gasteiger partial charge in [-0.05, 0) is 48.4 Å². The van der Waals surface area contributed by atoms with E-state index in [0.29, 0.717) is 46.3 Å². The van der Waals surface area contributed by atoms with Crippen LogP contribution in [0.3, 0.4) is 0 Å². The Morgan fingerprint density at radius 1 is 0.974 bits per heavy atom. The van der Waals surface area contributed by atoms with Crippen molar-refractivity contribution in [1.29, 1.82) is 0 Å². The molecule has 0 bridgehead atoms. The molecule has 0 aliphatic heterocycles. The predicted octanol–water partition coefficient (Wildman–Crippen LogP) is 6.27. The van der Waals surface area contributed by atoms with E-state index in [1.807, 2.05) is 6.92 Å². The summed E-state index contributed by atoms with van der Waals surface area (Å²) in [5, 5.41) is 7.63. The zero-order chi connectivity index (χ0) is 27.4. The van der Waals surface area contributed by atoms with Crippen molar-refractivity contribution in [3.63, 3.8) is 0 Å². The monoisotopic (exact) mass is 527 g/mol. The molecule has 0 fully saturated rings. The first kappa shape index (κ1) is 26.8. The van der Waals surface area contributed by atoms with Crippen LogP contribution in [0.2, 0.25) is 0 Å². The number of rotatable bonds is 9. The van der Waals surface area contributed by atoms with Crippen LogP contribution in [0.5, 0.6) is 17.2 Å². The number of nitrogens with one attached hydrogen (secondary N) is 1. The number of fused-ring (bicyclic) bond motifs is 1. The van der Waals surface area contributed by atoms with Crippen LogP contribution in [0.1, 0.15) is 36.0 Å². The Balaban J connectivity index is 1.80. The van der Waals surface area contributed by atoms with Crippen LogP contribution in [-0.4, -0.2) is 41.1 Å². The maximum atomic E-state index is 13.3.